The van der Waals surface area contributed by atoms with Gasteiger partial charge in [-0.25, -0.2) is 0 Å². The molecule has 1 fully saturated rings. The SMILES string of the molecule is CCC1(CC)CCN(Cc2ccc(Br)cn2)C1. The van der Waals surface area contributed by atoms with Crippen LogP contribution in [0.4, 0.5) is 0 Å². The zero-order valence-electron chi connectivity index (χ0n) is 10.7. The van der Waals surface area contributed by atoms with E-state index in [0.717, 1.165) is 11.0 Å². The van der Waals surface area contributed by atoms with E-state index in [-0.39, 0.29) is 0 Å². The number of rotatable bonds is 4. The van der Waals surface area contributed by atoms with Gasteiger partial charge < -0.3 is 0 Å². The fourth-order valence-corrected chi connectivity index (χ4v) is 2.95. The van der Waals surface area contributed by atoms with Crippen LogP contribution in [-0.2, 0) is 6.54 Å². The highest BCUT2D eigenvalue weighted by atomic mass is 79.9. The van der Waals surface area contributed by atoms with Crippen molar-refractivity contribution in [1.82, 2.24) is 9.88 Å². The summed E-state index contributed by atoms with van der Waals surface area (Å²) in [6, 6.07) is 4.19. The third kappa shape index (κ3) is 3.08. The maximum Gasteiger partial charge on any atom is 0.0544 e. The van der Waals surface area contributed by atoms with Crippen molar-refractivity contribution in [3.8, 4) is 0 Å². The van der Waals surface area contributed by atoms with Crippen molar-refractivity contribution in [3.05, 3.63) is 28.5 Å². The van der Waals surface area contributed by atoms with Crippen LogP contribution in [0.25, 0.3) is 0 Å². The van der Waals surface area contributed by atoms with Crippen molar-refractivity contribution in [2.45, 2.75) is 39.7 Å². The number of hydrogen-bond donors (Lipinski definition) is 0. The molecule has 1 aromatic heterocycles. The molecule has 94 valence electrons. The number of likely N-dealkylation sites (tertiary alicyclic amines) is 1. The molecule has 2 nitrogen and oxygen atoms in total. The van der Waals surface area contributed by atoms with Gasteiger partial charge >= 0.3 is 0 Å². The summed E-state index contributed by atoms with van der Waals surface area (Å²) in [6.45, 7) is 8.10. The van der Waals surface area contributed by atoms with Crippen LogP contribution in [0.3, 0.4) is 0 Å². The quantitative estimate of drug-likeness (QED) is 0.839. The second-order valence-electron chi connectivity index (χ2n) is 5.14. The number of hydrogen-bond acceptors (Lipinski definition) is 2. The summed E-state index contributed by atoms with van der Waals surface area (Å²) in [5.41, 5.74) is 1.74. The zero-order chi connectivity index (χ0) is 12.3. The third-order valence-corrected chi connectivity index (χ3v) is 4.66. The second-order valence-corrected chi connectivity index (χ2v) is 6.05. The summed E-state index contributed by atoms with van der Waals surface area (Å²) < 4.78 is 1.05. The predicted octanol–water partition coefficient (Wildman–Crippen LogP) is 3.86. The lowest BCUT2D eigenvalue weighted by molar-refractivity contribution is 0.235. The molecular weight excluding hydrogens is 276 g/mol. The molecule has 0 amide bonds. The molecule has 17 heavy (non-hydrogen) atoms. The van der Waals surface area contributed by atoms with E-state index in [1.807, 2.05) is 6.20 Å². The van der Waals surface area contributed by atoms with E-state index in [2.05, 4.69) is 51.8 Å². The monoisotopic (exact) mass is 296 g/mol. The smallest absolute Gasteiger partial charge is 0.0544 e. The highest BCUT2D eigenvalue weighted by Gasteiger charge is 2.34. The minimum Gasteiger partial charge on any atom is -0.297 e. The summed E-state index contributed by atoms with van der Waals surface area (Å²) in [7, 11) is 0. The molecule has 0 spiro atoms. The van der Waals surface area contributed by atoms with Crippen molar-refractivity contribution in [3.63, 3.8) is 0 Å². The Bertz CT molecular complexity index is 357. The van der Waals surface area contributed by atoms with Crippen molar-refractivity contribution in [1.29, 1.82) is 0 Å². The Hall–Kier alpha value is -0.410. The zero-order valence-corrected chi connectivity index (χ0v) is 12.3. The summed E-state index contributed by atoms with van der Waals surface area (Å²) in [5, 5.41) is 0. The van der Waals surface area contributed by atoms with Crippen LogP contribution in [0.5, 0.6) is 0 Å². The molecule has 1 aromatic rings. The molecule has 1 aliphatic rings. The van der Waals surface area contributed by atoms with Crippen LogP contribution in [-0.4, -0.2) is 23.0 Å². The van der Waals surface area contributed by atoms with Gasteiger partial charge in [0.2, 0.25) is 0 Å². The number of nitrogens with zero attached hydrogens (tertiary/aromatic N) is 2. The van der Waals surface area contributed by atoms with Crippen molar-refractivity contribution >= 4 is 15.9 Å². The van der Waals surface area contributed by atoms with Gasteiger partial charge in [-0.1, -0.05) is 13.8 Å². The molecule has 0 saturated carbocycles. The molecule has 0 radical (unpaired) electrons. The van der Waals surface area contributed by atoms with Gasteiger partial charge in [0.25, 0.3) is 0 Å². The Morgan fingerprint density at radius 1 is 1.35 bits per heavy atom. The average Bonchev–Trinajstić information content (AvgIpc) is 2.76. The van der Waals surface area contributed by atoms with E-state index < -0.39 is 0 Å². The Balaban J connectivity index is 1.95. The molecule has 0 N–H and O–H groups in total. The molecule has 0 aromatic carbocycles. The standard InChI is InChI=1S/C14H21BrN2/c1-3-14(4-2)7-8-17(11-14)10-13-6-5-12(15)9-16-13/h5-6,9H,3-4,7-8,10-11H2,1-2H3. The summed E-state index contributed by atoms with van der Waals surface area (Å²) in [4.78, 5) is 7.00. The van der Waals surface area contributed by atoms with Gasteiger partial charge in [0.15, 0.2) is 0 Å². The molecule has 1 aliphatic heterocycles. The topological polar surface area (TPSA) is 16.1 Å². The number of aromatic nitrogens is 1. The van der Waals surface area contributed by atoms with Crippen LogP contribution < -0.4 is 0 Å². The first-order valence-electron chi connectivity index (χ1n) is 6.50. The number of pyridine rings is 1. The summed E-state index contributed by atoms with van der Waals surface area (Å²) in [5.74, 6) is 0. The molecule has 1 saturated heterocycles. The van der Waals surface area contributed by atoms with Crippen molar-refractivity contribution in [2.75, 3.05) is 13.1 Å². The summed E-state index contributed by atoms with van der Waals surface area (Å²) >= 11 is 3.42. The molecule has 0 aliphatic carbocycles. The lowest BCUT2D eigenvalue weighted by Crippen LogP contribution is -2.26. The molecule has 0 unspecified atom stereocenters. The Morgan fingerprint density at radius 2 is 2.12 bits per heavy atom. The van der Waals surface area contributed by atoms with Gasteiger partial charge in [0.05, 0.1) is 5.69 Å². The van der Waals surface area contributed by atoms with E-state index in [1.165, 1.54) is 38.0 Å². The van der Waals surface area contributed by atoms with Crippen molar-refractivity contribution in [2.24, 2.45) is 5.41 Å². The minimum absolute atomic E-state index is 0.565. The maximum atomic E-state index is 4.45. The maximum absolute atomic E-state index is 4.45. The Morgan fingerprint density at radius 3 is 2.65 bits per heavy atom. The Kier molecular flexibility index (Phi) is 4.21. The van der Waals surface area contributed by atoms with E-state index in [4.69, 9.17) is 0 Å². The van der Waals surface area contributed by atoms with Crippen LogP contribution in [0, 0.1) is 5.41 Å². The van der Waals surface area contributed by atoms with Gasteiger partial charge in [-0.15, -0.1) is 0 Å². The normalized spacial score (nSPS) is 19.7. The molecular formula is C14H21BrN2. The predicted molar refractivity (Wildman–Crippen MR) is 74.8 cm³/mol. The van der Waals surface area contributed by atoms with Crippen LogP contribution in [0.1, 0.15) is 38.8 Å². The van der Waals surface area contributed by atoms with Gasteiger partial charge in [-0.05, 0) is 59.3 Å². The van der Waals surface area contributed by atoms with Crippen molar-refractivity contribution < 1.29 is 0 Å². The fraction of sp³-hybridized carbons (Fsp3) is 0.643. The minimum atomic E-state index is 0.565. The first kappa shape index (κ1) is 13.0. The van der Waals surface area contributed by atoms with Crippen LogP contribution >= 0.6 is 15.9 Å². The van der Waals surface area contributed by atoms with Gasteiger partial charge in [-0.2, -0.15) is 0 Å². The first-order valence-corrected chi connectivity index (χ1v) is 7.29. The van der Waals surface area contributed by atoms with Gasteiger partial charge in [0, 0.05) is 23.8 Å². The van der Waals surface area contributed by atoms with Gasteiger partial charge in [0.1, 0.15) is 0 Å². The molecule has 2 heterocycles. The average molecular weight is 297 g/mol. The summed E-state index contributed by atoms with van der Waals surface area (Å²) in [6.07, 6.45) is 5.83. The lowest BCUT2D eigenvalue weighted by atomic mass is 9.82. The molecule has 0 atom stereocenters. The van der Waals surface area contributed by atoms with Crippen LogP contribution in [0.15, 0.2) is 22.8 Å². The van der Waals surface area contributed by atoms with E-state index >= 15 is 0 Å². The van der Waals surface area contributed by atoms with Gasteiger partial charge in [-0.3, -0.25) is 9.88 Å². The Labute approximate surface area is 113 Å². The van der Waals surface area contributed by atoms with E-state index in [1.54, 1.807) is 0 Å². The van der Waals surface area contributed by atoms with E-state index in [9.17, 15) is 0 Å². The molecule has 0 bridgehead atoms. The largest absolute Gasteiger partial charge is 0.297 e. The van der Waals surface area contributed by atoms with Crippen LogP contribution in [0.2, 0.25) is 0 Å². The fourth-order valence-electron chi connectivity index (χ4n) is 2.72. The highest BCUT2D eigenvalue weighted by molar-refractivity contribution is 9.10. The molecule has 3 heteroatoms. The highest BCUT2D eigenvalue weighted by Crippen LogP contribution is 2.37. The third-order valence-electron chi connectivity index (χ3n) is 4.19. The molecule has 2 rings (SSSR count). The second kappa shape index (κ2) is 5.49. The lowest BCUT2D eigenvalue weighted by Gasteiger charge is -2.26. The van der Waals surface area contributed by atoms with E-state index in [0.29, 0.717) is 5.41 Å². The first-order chi connectivity index (χ1) is 8.17. The number of halogens is 1.